The fourth-order valence-corrected chi connectivity index (χ4v) is 2.68. The van der Waals surface area contributed by atoms with Crippen molar-refractivity contribution >= 4 is 5.78 Å². The predicted octanol–water partition coefficient (Wildman–Crippen LogP) is 5.21. The molecule has 1 aliphatic carbocycles. The molecule has 1 unspecified atom stereocenters. The van der Waals surface area contributed by atoms with Crippen LogP contribution < -0.4 is 0 Å². The Balaban J connectivity index is 3.04. The Morgan fingerprint density at radius 1 is 1.17 bits per heavy atom. The predicted molar refractivity (Wildman–Crippen MR) is 95.4 cm³/mol. The number of carbonyl (C=O) groups excluding carboxylic acids is 1. The van der Waals surface area contributed by atoms with Gasteiger partial charge in [0.25, 0.3) is 0 Å². The second kappa shape index (κ2) is 9.27. The Kier molecular flexibility index (Phi) is 8.04. The number of rotatable bonds is 9. The second-order valence-corrected chi connectivity index (χ2v) is 7.36. The van der Waals surface area contributed by atoms with Crippen molar-refractivity contribution in [1.29, 1.82) is 0 Å². The van der Waals surface area contributed by atoms with E-state index in [1.165, 1.54) is 0 Å². The van der Waals surface area contributed by atoms with E-state index in [9.17, 15) is 4.79 Å². The van der Waals surface area contributed by atoms with Gasteiger partial charge in [0.05, 0.1) is 12.7 Å². The van der Waals surface area contributed by atoms with Gasteiger partial charge in [0.15, 0.2) is 5.78 Å². The van der Waals surface area contributed by atoms with E-state index < -0.39 is 0 Å². The van der Waals surface area contributed by atoms with Gasteiger partial charge in [0.2, 0.25) is 0 Å². The molecule has 3 heteroatoms. The highest BCUT2D eigenvalue weighted by Gasteiger charge is 2.32. The van der Waals surface area contributed by atoms with Crippen LogP contribution in [0.3, 0.4) is 0 Å². The average Bonchev–Trinajstić information content (AvgIpc) is 2.46. The van der Waals surface area contributed by atoms with Gasteiger partial charge in [-0.3, -0.25) is 4.79 Å². The van der Waals surface area contributed by atoms with E-state index in [0.717, 1.165) is 49.2 Å². The van der Waals surface area contributed by atoms with E-state index in [0.29, 0.717) is 13.0 Å². The second-order valence-electron chi connectivity index (χ2n) is 7.36. The third kappa shape index (κ3) is 6.14. The smallest absolute Gasteiger partial charge is 0.158 e. The van der Waals surface area contributed by atoms with Crippen molar-refractivity contribution in [2.24, 2.45) is 5.41 Å². The molecule has 0 aromatic heterocycles. The van der Waals surface area contributed by atoms with Crippen LogP contribution in [-0.2, 0) is 14.3 Å². The molecule has 0 spiro atoms. The molecule has 0 aliphatic heterocycles. The summed E-state index contributed by atoms with van der Waals surface area (Å²) < 4.78 is 12.1. The summed E-state index contributed by atoms with van der Waals surface area (Å²) in [7, 11) is 0. The van der Waals surface area contributed by atoms with Crippen LogP contribution in [0.15, 0.2) is 23.0 Å². The van der Waals surface area contributed by atoms with Crippen LogP contribution in [-0.4, -0.2) is 25.1 Å². The van der Waals surface area contributed by atoms with Gasteiger partial charge in [-0.05, 0) is 36.8 Å². The lowest BCUT2D eigenvalue weighted by Gasteiger charge is -2.32. The van der Waals surface area contributed by atoms with E-state index in [-0.39, 0.29) is 17.3 Å². The maximum absolute atomic E-state index is 12.1. The molecular weight excluding hydrogens is 288 g/mol. The highest BCUT2D eigenvalue weighted by atomic mass is 16.5. The monoisotopic (exact) mass is 322 g/mol. The molecule has 0 N–H and O–H groups in total. The molecule has 0 heterocycles. The van der Waals surface area contributed by atoms with E-state index in [1.807, 2.05) is 6.08 Å². The molecule has 1 aliphatic rings. The van der Waals surface area contributed by atoms with Crippen LogP contribution in [0.4, 0.5) is 0 Å². The molecule has 23 heavy (non-hydrogen) atoms. The quantitative estimate of drug-likeness (QED) is 0.547. The van der Waals surface area contributed by atoms with Crippen LogP contribution >= 0.6 is 0 Å². The molecule has 0 saturated carbocycles. The lowest BCUT2D eigenvalue weighted by Crippen LogP contribution is -2.28. The topological polar surface area (TPSA) is 35.5 Å². The van der Waals surface area contributed by atoms with Crippen molar-refractivity contribution in [2.45, 2.75) is 79.8 Å². The van der Waals surface area contributed by atoms with E-state index in [1.54, 1.807) is 6.92 Å². The van der Waals surface area contributed by atoms with Crippen LogP contribution in [0.2, 0.25) is 0 Å². The normalized spacial score (nSPS) is 18.9. The molecule has 0 fully saturated rings. The number of Topliss-reactive ketones (excluding diaryl/α,β-unsaturated/α-hetero) is 1. The first-order valence-corrected chi connectivity index (χ1v) is 9.01. The fraction of sp³-hybridized carbons (Fsp3) is 0.750. The number of ketones is 1. The summed E-state index contributed by atoms with van der Waals surface area (Å²) in [6.07, 6.45) is 6.80. The summed E-state index contributed by atoms with van der Waals surface area (Å²) in [5, 5.41) is 0. The number of hydrogen-bond acceptors (Lipinski definition) is 3. The van der Waals surface area contributed by atoms with Crippen LogP contribution in [0, 0.1) is 5.41 Å². The summed E-state index contributed by atoms with van der Waals surface area (Å²) in [4.78, 5) is 12.1. The maximum atomic E-state index is 12.1. The standard InChI is InChI=1S/C20H34O3/c1-7-9-11-22-18-14-19(23-12-10-8-2)17(20(4,5)6)13-16(18)15(3)21/h13,18H,7-12,14H2,1-6H3. The van der Waals surface area contributed by atoms with Crippen molar-refractivity contribution in [2.75, 3.05) is 13.2 Å². The third-order valence-corrected chi connectivity index (χ3v) is 4.12. The first-order chi connectivity index (χ1) is 10.8. The highest BCUT2D eigenvalue weighted by molar-refractivity contribution is 5.95. The Hall–Kier alpha value is -1.09. The molecule has 3 nitrogen and oxygen atoms in total. The van der Waals surface area contributed by atoms with E-state index >= 15 is 0 Å². The maximum Gasteiger partial charge on any atom is 0.158 e. The molecule has 0 aromatic rings. The van der Waals surface area contributed by atoms with Crippen molar-refractivity contribution < 1.29 is 14.3 Å². The van der Waals surface area contributed by atoms with Crippen LogP contribution in [0.5, 0.6) is 0 Å². The number of ether oxygens (including phenoxy) is 2. The van der Waals surface area contributed by atoms with Gasteiger partial charge in [-0.2, -0.15) is 0 Å². The molecule has 0 saturated heterocycles. The van der Waals surface area contributed by atoms with Crippen molar-refractivity contribution in [3.8, 4) is 0 Å². The Morgan fingerprint density at radius 3 is 2.30 bits per heavy atom. The summed E-state index contributed by atoms with van der Waals surface area (Å²) in [5.74, 6) is 1.10. The van der Waals surface area contributed by atoms with E-state index in [2.05, 4.69) is 34.6 Å². The number of allylic oxidation sites excluding steroid dienone is 2. The zero-order chi connectivity index (χ0) is 17.5. The summed E-state index contributed by atoms with van der Waals surface area (Å²) >= 11 is 0. The largest absolute Gasteiger partial charge is 0.498 e. The minimum absolute atomic E-state index is 0.0450. The van der Waals surface area contributed by atoms with Crippen molar-refractivity contribution in [1.82, 2.24) is 0 Å². The molecule has 132 valence electrons. The van der Waals surface area contributed by atoms with Gasteiger partial charge >= 0.3 is 0 Å². The Bertz CT molecular complexity index is 452. The fourth-order valence-electron chi connectivity index (χ4n) is 2.68. The summed E-state index contributed by atoms with van der Waals surface area (Å²) in [6.45, 7) is 13.9. The zero-order valence-electron chi connectivity index (χ0n) is 15.8. The highest BCUT2D eigenvalue weighted by Crippen LogP contribution is 2.37. The Labute approximate surface area is 142 Å². The van der Waals surface area contributed by atoms with Gasteiger partial charge in [0.1, 0.15) is 5.76 Å². The van der Waals surface area contributed by atoms with Gasteiger partial charge in [-0.1, -0.05) is 47.5 Å². The van der Waals surface area contributed by atoms with Crippen LogP contribution in [0.25, 0.3) is 0 Å². The molecule has 1 rings (SSSR count). The van der Waals surface area contributed by atoms with E-state index in [4.69, 9.17) is 9.47 Å². The first-order valence-electron chi connectivity index (χ1n) is 9.01. The summed E-state index contributed by atoms with van der Waals surface area (Å²) in [6, 6.07) is 0. The molecule has 1 atom stereocenters. The number of hydrogen-bond donors (Lipinski definition) is 0. The lowest BCUT2D eigenvalue weighted by molar-refractivity contribution is -0.115. The van der Waals surface area contributed by atoms with Gasteiger partial charge < -0.3 is 9.47 Å². The Morgan fingerprint density at radius 2 is 1.78 bits per heavy atom. The SMILES string of the molecule is CCCCOC1=C(C(C)(C)C)C=C(C(C)=O)C(OCCCC)C1. The third-order valence-electron chi connectivity index (χ3n) is 4.12. The van der Waals surface area contributed by atoms with Crippen molar-refractivity contribution in [3.05, 3.63) is 23.0 Å². The average molecular weight is 322 g/mol. The molecule has 0 radical (unpaired) electrons. The summed E-state index contributed by atoms with van der Waals surface area (Å²) in [5.41, 5.74) is 1.87. The van der Waals surface area contributed by atoms with Gasteiger partial charge in [0, 0.05) is 18.6 Å². The molecule has 0 bridgehead atoms. The molecule has 0 aromatic carbocycles. The van der Waals surface area contributed by atoms with Gasteiger partial charge in [-0.15, -0.1) is 0 Å². The van der Waals surface area contributed by atoms with Crippen LogP contribution in [0.1, 0.15) is 73.6 Å². The van der Waals surface area contributed by atoms with Crippen molar-refractivity contribution in [3.63, 3.8) is 0 Å². The lowest BCUT2D eigenvalue weighted by atomic mass is 9.79. The zero-order valence-corrected chi connectivity index (χ0v) is 15.8. The van der Waals surface area contributed by atoms with Gasteiger partial charge in [-0.25, -0.2) is 0 Å². The number of unbranched alkanes of at least 4 members (excludes halogenated alkanes) is 2. The molecule has 0 amide bonds. The number of carbonyl (C=O) groups is 1. The minimum Gasteiger partial charge on any atom is -0.498 e. The first kappa shape index (κ1) is 20.0. The molecular formula is C20H34O3. The minimum atomic E-state index is -0.165.